The molecular formula is C28H20N8. The highest BCUT2D eigenvalue weighted by Gasteiger charge is 2.30. The Morgan fingerprint density at radius 1 is 0.528 bits per heavy atom. The van der Waals surface area contributed by atoms with E-state index in [-0.39, 0.29) is 0 Å². The SMILES string of the molecule is Cn1ccnc1C1=C(c2nccn2C)C2=NC1=CC1=NC(=CC3=NC(=CC4=NC(=C2)C=C4)C=C3)C=C1. The van der Waals surface area contributed by atoms with Gasteiger partial charge in [0.05, 0.1) is 56.8 Å². The molecule has 172 valence electrons. The fraction of sp³-hybridized carbons (Fsp3) is 0.0714. The van der Waals surface area contributed by atoms with E-state index in [1.54, 1.807) is 12.4 Å². The average molecular weight is 469 g/mol. The van der Waals surface area contributed by atoms with E-state index in [0.29, 0.717) is 0 Å². The Bertz CT molecular complexity index is 1730. The first-order valence-corrected chi connectivity index (χ1v) is 11.6. The zero-order valence-electron chi connectivity index (χ0n) is 19.7. The molecule has 0 unspecified atom stereocenters. The largest absolute Gasteiger partial charge is 0.334 e. The molecule has 0 aliphatic carbocycles. The highest BCUT2D eigenvalue weighted by Crippen LogP contribution is 2.39. The smallest absolute Gasteiger partial charge is 0.142 e. The molecule has 0 N–H and O–H groups in total. The molecule has 2 aromatic rings. The summed E-state index contributed by atoms with van der Waals surface area (Å²) in [6, 6.07) is 0. The maximum atomic E-state index is 5.08. The van der Waals surface area contributed by atoms with Crippen molar-refractivity contribution in [1.29, 1.82) is 0 Å². The summed E-state index contributed by atoms with van der Waals surface area (Å²) < 4.78 is 3.99. The van der Waals surface area contributed by atoms with Crippen LogP contribution in [0, 0.1) is 0 Å². The second-order valence-electron chi connectivity index (χ2n) is 8.82. The van der Waals surface area contributed by atoms with Gasteiger partial charge in [-0.25, -0.2) is 29.9 Å². The number of aryl methyl sites for hydroxylation is 2. The molecule has 5 aliphatic rings. The maximum absolute atomic E-state index is 5.08. The van der Waals surface area contributed by atoms with Crippen molar-refractivity contribution in [2.24, 2.45) is 34.1 Å². The molecule has 0 spiro atoms. The molecule has 0 fully saturated rings. The van der Waals surface area contributed by atoms with Gasteiger partial charge in [-0.2, -0.15) is 0 Å². The van der Waals surface area contributed by atoms with Gasteiger partial charge in [-0.3, -0.25) is 0 Å². The van der Waals surface area contributed by atoms with Crippen molar-refractivity contribution in [2.75, 3.05) is 0 Å². The van der Waals surface area contributed by atoms with Crippen molar-refractivity contribution >= 4 is 34.0 Å². The Labute approximate surface area is 207 Å². The highest BCUT2D eigenvalue weighted by molar-refractivity contribution is 6.39. The lowest BCUT2D eigenvalue weighted by Crippen LogP contribution is -2.06. The van der Waals surface area contributed by atoms with Crippen molar-refractivity contribution in [2.45, 2.75) is 0 Å². The number of rotatable bonds is 2. The molecule has 36 heavy (non-hydrogen) atoms. The van der Waals surface area contributed by atoms with E-state index in [9.17, 15) is 0 Å². The number of aromatic nitrogens is 4. The normalized spacial score (nSPS) is 19.7. The summed E-state index contributed by atoms with van der Waals surface area (Å²) in [6.45, 7) is 0. The third kappa shape index (κ3) is 3.39. The number of hydrogen-bond donors (Lipinski definition) is 0. The Morgan fingerprint density at radius 2 is 1.03 bits per heavy atom. The summed E-state index contributed by atoms with van der Waals surface area (Å²) in [5.41, 5.74) is 8.38. The number of fused-ring (bicyclic) bond motifs is 4. The Hall–Kier alpha value is -4.98. The average Bonchev–Trinajstić information content (AvgIpc) is 3.67. The Kier molecular flexibility index (Phi) is 4.41. The molecule has 0 amide bonds. The third-order valence-corrected chi connectivity index (χ3v) is 6.30. The molecule has 7 rings (SSSR count). The van der Waals surface area contributed by atoms with Crippen molar-refractivity contribution in [1.82, 2.24) is 19.1 Å². The van der Waals surface area contributed by atoms with Crippen molar-refractivity contribution in [3.63, 3.8) is 0 Å². The number of imidazole rings is 2. The predicted octanol–water partition coefficient (Wildman–Crippen LogP) is 4.10. The molecule has 0 radical (unpaired) electrons. The number of allylic oxidation sites excluding steroid dienone is 12. The van der Waals surface area contributed by atoms with E-state index in [1.807, 2.05) is 96.4 Å². The minimum absolute atomic E-state index is 0.775. The van der Waals surface area contributed by atoms with Crippen LogP contribution < -0.4 is 0 Å². The third-order valence-electron chi connectivity index (χ3n) is 6.30. The van der Waals surface area contributed by atoms with Gasteiger partial charge < -0.3 is 9.13 Å². The van der Waals surface area contributed by atoms with Crippen molar-refractivity contribution in [3.8, 4) is 0 Å². The van der Waals surface area contributed by atoms with Gasteiger partial charge in [0.15, 0.2) is 0 Å². The minimum Gasteiger partial charge on any atom is -0.334 e. The standard InChI is InChI=1S/C28H20N8/c1-35-11-9-29-27(35)25-23-15-21-7-5-19(32-21)13-17-3-4-18(31-17)14-20-6-8-22(33-20)16-24(34-23)26(25)28-30-10-12-36(28)2/h3-16H,1-2H3. The van der Waals surface area contributed by atoms with E-state index < -0.39 is 0 Å². The summed E-state index contributed by atoms with van der Waals surface area (Å²) in [6.07, 6.45) is 27.3. The zero-order chi connectivity index (χ0) is 24.2. The van der Waals surface area contributed by atoms with Crippen molar-refractivity contribution < 1.29 is 0 Å². The molecule has 8 bridgehead atoms. The summed E-state index contributed by atoms with van der Waals surface area (Å²) in [7, 11) is 3.96. The van der Waals surface area contributed by atoms with Crippen molar-refractivity contribution in [3.05, 3.63) is 120 Å². The maximum Gasteiger partial charge on any atom is 0.142 e. The fourth-order valence-corrected chi connectivity index (χ4v) is 4.62. The molecule has 0 aromatic carbocycles. The van der Waals surface area contributed by atoms with Crippen LogP contribution in [0.2, 0.25) is 0 Å². The van der Waals surface area contributed by atoms with Crippen LogP contribution in [-0.4, -0.2) is 41.9 Å². The van der Waals surface area contributed by atoms with Crippen LogP contribution in [0.4, 0.5) is 0 Å². The summed E-state index contributed by atoms with van der Waals surface area (Å²) in [4.78, 5) is 28.7. The second kappa shape index (κ2) is 7.78. The first kappa shape index (κ1) is 20.4. The topological polar surface area (TPSA) is 85.1 Å². The highest BCUT2D eigenvalue weighted by atomic mass is 15.1. The van der Waals surface area contributed by atoms with Crippen LogP contribution >= 0.6 is 0 Å². The molecule has 0 atom stereocenters. The molecule has 2 aromatic heterocycles. The fourth-order valence-electron chi connectivity index (χ4n) is 4.62. The quantitative estimate of drug-likeness (QED) is 0.665. The number of aliphatic imine (C=N–C) groups is 4. The van der Waals surface area contributed by atoms with Gasteiger partial charge in [0.25, 0.3) is 0 Å². The van der Waals surface area contributed by atoms with Crippen LogP contribution in [0.3, 0.4) is 0 Å². The molecule has 8 heteroatoms. The van der Waals surface area contributed by atoms with Crippen LogP contribution in [0.25, 0.3) is 11.1 Å². The molecule has 5 aliphatic heterocycles. The van der Waals surface area contributed by atoms with Crippen LogP contribution in [0.1, 0.15) is 11.6 Å². The molecule has 7 heterocycles. The van der Waals surface area contributed by atoms with Crippen LogP contribution in [0.5, 0.6) is 0 Å². The number of hydrogen-bond acceptors (Lipinski definition) is 6. The number of nitrogens with zero attached hydrogens (tertiary/aromatic N) is 8. The van der Waals surface area contributed by atoms with Gasteiger partial charge in [0, 0.05) is 38.9 Å². The zero-order valence-corrected chi connectivity index (χ0v) is 19.7. The molecule has 0 saturated heterocycles. The second-order valence-corrected chi connectivity index (χ2v) is 8.82. The first-order valence-electron chi connectivity index (χ1n) is 11.6. The van der Waals surface area contributed by atoms with E-state index in [0.717, 1.165) is 68.4 Å². The van der Waals surface area contributed by atoms with Gasteiger partial charge in [0.1, 0.15) is 11.6 Å². The van der Waals surface area contributed by atoms with E-state index in [4.69, 9.17) is 15.0 Å². The van der Waals surface area contributed by atoms with Gasteiger partial charge in [-0.15, -0.1) is 0 Å². The minimum atomic E-state index is 0.775. The van der Waals surface area contributed by atoms with Gasteiger partial charge in [-0.1, -0.05) is 0 Å². The summed E-state index contributed by atoms with van der Waals surface area (Å²) in [5.74, 6) is 1.61. The lowest BCUT2D eigenvalue weighted by molar-refractivity contribution is 0.884. The summed E-state index contributed by atoms with van der Waals surface area (Å²) in [5, 5.41) is 0. The Morgan fingerprint density at radius 3 is 1.56 bits per heavy atom. The van der Waals surface area contributed by atoms with E-state index in [1.165, 1.54) is 0 Å². The Balaban J connectivity index is 1.50. The lowest BCUT2D eigenvalue weighted by atomic mass is 10.0. The van der Waals surface area contributed by atoms with E-state index >= 15 is 0 Å². The van der Waals surface area contributed by atoms with Crippen LogP contribution in [0.15, 0.2) is 128 Å². The molecule has 8 nitrogen and oxygen atoms in total. The van der Waals surface area contributed by atoms with Crippen LogP contribution in [-0.2, 0) is 14.1 Å². The lowest BCUT2D eigenvalue weighted by Gasteiger charge is -2.10. The first-order chi connectivity index (χ1) is 17.6. The monoisotopic (exact) mass is 468 g/mol. The van der Waals surface area contributed by atoms with Gasteiger partial charge in [-0.05, 0) is 60.8 Å². The molecular weight excluding hydrogens is 448 g/mol. The molecule has 0 saturated carbocycles. The predicted molar refractivity (Wildman–Crippen MR) is 143 cm³/mol. The summed E-state index contributed by atoms with van der Waals surface area (Å²) >= 11 is 0. The van der Waals surface area contributed by atoms with Gasteiger partial charge >= 0.3 is 0 Å². The van der Waals surface area contributed by atoms with E-state index in [2.05, 4.69) is 15.0 Å². The van der Waals surface area contributed by atoms with Gasteiger partial charge in [0.2, 0.25) is 0 Å².